The maximum absolute atomic E-state index is 5.98. The second kappa shape index (κ2) is 6.92. The molecule has 1 aromatic rings. The molecule has 19 heavy (non-hydrogen) atoms. The second-order valence-corrected chi connectivity index (χ2v) is 5.26. The summed E-state index contributed by atoms with van der Waals surface area (Å²) in [6.07, 6.45) is 2.63. The molecule has 1 unspecified atom stereocenters. The van der Waals surface area contributed by atoms with Gasteiger partial charge >= 0.3 is 0 Å². The van der Waals surface area contributed by atoms with E-state index in [0.29, 0.717) is 12.6 Å². The quantitative estimate of drug-likeness (QED) is 0.854. The van der Waals surface area contributed by atoms with Gasteiger partial charge in [-0.1, -0.05) is 12.1 Å². The topological polar surface area (TPSA) is 32.5 Å². The highest BCUT2D eigenvalue weighted by molar-refractivity contribution is 5.47. The summed E-state index contributed by atoms with van der Waals surface area (Å²) in [6.45, 7) is 9.61. The molecule has 3 nitrogen and oxygen atoms in total. The number of nitrogens with two attached hydrogens (primary N) is 1. The van der Waals surface area contributed by atoms with E-state index in [-0.39, 0.29) is 0 Å². The molecule has 2 N–H and O–H groups in total. The van der Waals surface area contributed by atoms with Gasteiger partial charge in [0, 0.05) is 31.4 Å². The van der Waals surface area contributed by atoms with Gasteiger partial charge in [-0.15, -0.1) is 0 Å². The monoisotopic (exact) mass is 261 g/mol. The third kappa shape index (κ3) is 3.28. The lowest BCUT2D eigenvalue weighted by Crippen LogP contribution is -2.31. The molecule has 1 aliphatic heterocycles. The van der Waals surface area contributed by atoms with Crippen LogP contribution in [0.5, 0.6) is 0 Å². The molecule has 0 spiro atoms. The smallest absolute Gasteiger partial charge is 0.0470 e. The maximum Gasteiger partial charge on any atom is 0.0470 e. The molecular formula is C16H27N3. The van der Waals surface area contributed by atoms with Gasteiger partial charge in [0.2, 0.25) is 0 Å². The van der Waals surface area contributed by atoms with Gasteiger partial charge in [-0.25, -0.2) is 0 Å². The number of likely N-dealkylation sites (tertiary alicyclic amines) is 1. The molecule has 106 valence electrons. The van der Waals surface area contributed by atoms with Crippen LogP contribution in [0.1, 0.15) is 38.3 Å². The Morgan fingerprint density at radius 3 is 2.16 bits per heavy atom. The third-order valence-electron chi connectivity index (χ3n) is 4.21. The molecule has 0 amide bonds. The minimum Gasteiger partial charge on any atom is -0.372 e. The average Bonchev–Trinajstić information content (AvgIpc) is 2.97. The molecule has 2 rings (SSSR count). The minimum absolute atomic E-state index is 0.397. The van der Waals surface area contributed by atoms with Crippen LogP contribution in [0.4, 0.5) is 5.69 Å². The molecule has 0 bridgehead atoms. The largest absolute Gasteiger partial charge is 0.372 e. The Hall–Kier alpha value is -1.06. The summed E-state index contributed by atoms with van der Waals surface area (Å²) >= 11 is 0. The van der Waals surface area contributed by atoms with Crippen molar-refractivity contribution in [3.8, 4) is 0 Å². The van der Waals surface area contributed by atoms with Crippen molar-refractivity contribution < 1.29 is 0 Å². The molecule has 1 atom stereocenters. The van der Waals surface area contributed by atoms with Crippen LogP contribution in [0.2, 0.25) is 0 Å². The van der Waals surface area contributed by atoms with Gasteiger partial charge < -0.3 is 10.6 Å². The van der Waals surface area contributed by atoms with Crippen LogP contribution in [0.15, 0.2) is 24.3 Å². The molecule has 3 heteroatoms. The van der Waals surface area contributed by atoms with Crippen LogP contribution in [0, 0.1) is 0 Å². The Kier molecular flexibility index (Phi) is 5.23. The van der Waals surface area contributed by atoms with Crippen LogP contribution in [0.25, 0.3) is 0 Å². The predicted molar refractivity (Wildman–Crippen MR) is 82.6 cm³/mol. The third-order valence-corrected chi connectivity index (χ3v) is 4.21. The lowest BCUT2D eigenvalue weighted by atomic mass is 10.0. The fraction of sp³-hybridized carbons (Fsp3) is 0.625. The van der Waals surface area contributed by atoms with E-state index in [1.807, 2.05) is 0 Å². The normalized spacial score (nSPS) is 17.6. The molecule has 0 radical (unpaired) electrons. The number of rotatable bonds is 6. The van der Waals surface area contributed by atoms with Crippen molar-refractivity contribution in [2.75, 3.05) is 37.6 Å². The number of hydrogen-bond donors (Lipinski definition) is 1. The Labute approximate surface area is 117 Å². The van der Waals surface area contributed by atoms with Gasteiger partial charge in [-0.3, -0.25) is 4.90 Å². The van der Waals surface area contributed by atoms with Crippen LogP contribution in [0.3, 0.4) is 0 Å². The van der Waals surface area contributed by atoms with E-state index >= 15 is 0 Å². The Balaban J connectivity index is 2.11. The highest BCUT2D eigenvalue weighted by Crippen LogP contribution is 2.26. The molecule has 1 aliphatic rings. The lowest BCUT2D eigenvalue weighted by Gasteiger charge is -2.27. The first-order valence-electron chi connectivity index (χ1n) is 7.59. The standard InChI is InChI=1S/C16H27N3/c1-3-18(4-2)15-9-7-14(8-10-15)16(13-17)19-11-5-6-12-19/h7-10,16H,3-6,11-13,17H2,1-2H3. The number of nitrogens with zero attached hydrogens (tertiary/aromatic N) is 2. The van der Waals surface area contributed by atoms with E-state index in [4.69, 9.17) is 5.73 Å². The number of hydrogen-bond acceptors (Lipinski definition) is 3. The Morgan fingerprint density at radius 1 is 1.11 bits per heavy atom. The summed E-state index contributed by atoms with van der Waals surface area (Å²) in [4.78, 5) is 4.89. The van der Waals surface area contributed by atoms with E-state index in [1.165, 1.54) is 37.2 Å². The summed E-state index contributed by atoms with van der Waals surface area (Å²) in [5.74, 6) is 0. The van der Waals surface area contributed by atoms with Crippen molar-refractivity contribution in [1.29, 1.82) is 0 Å². The first-order valence-corrected chi connectivity index (χ1v) is 7.59. The fourth-order valence-corrected chi connectivity index (χ4v) is 3.05. The summed E-state index contributed by atoms with van der Waals surface area (Å²) in [6, 6.07) is 9.38. The van der Waals surface area contributed by atoms with E-state index in [9.17, 15) is 0 Å². The van der Waals surface area contributed by atoms with Crippen molar-refractivity contribution in [1.82, 2.24) is 4.90 Å². The average molecular weight is 261 g/mol. The zero-order valence-electron chi connectivity index (χ0n) is 12.3. The molecular weight excluding hydrogens is 234 g/mol. The predicted octanol–water partition coefficient (Wildman–Crippen LogP) is 2.63. The fourth-order valence-electron chi connectivity index (χ4n) is 3.05. The second-order valence-electron chi connectivity index (χ2n) is 5.26. The van der Waals surface area contributed by atoms with Crippen LogP contribution < -0.4 is 10.6 Å². The molecule has 0 saturated carbocycles. The molecule has 1 saturated heterocycles. The van der Waals surface area contributed by atoms with Gasteiger partial charge in [0.15, 0.2) is 0 Å². The summed E-state index contributed by atoms with van der Waals surface area (Å²) in [5, 5.41) is 0. The molecule has 1 aromatic carbocycles. The zero-order chi connectivity index (χ0) is 13.7. The Bertz CT molecular complexity index is 364. The van der Waals surface area contributed by atoms with Gasteiger partial charge in [-0.2, -0.15) is 0 Å². The number of benzene rings is 1. The van der Waals surface area contributed by atoms with Gasteiger partial charge in [0.05, 0.1) is 0 Å². The van der Waals surface area contributed by atoms with Crippen molar-refractivity contribution >= 4 is 5.69 Å². The zero-order valence-corrected chi connectivity index (χ0v) is 12.3. The molecule has 0 aromatic heterocycles. The van der Waals surface area contributed by atoms with Gasteiger partial charge in [0.1, 0.15) is 0 Å². The number of anilines is 1. The van der Waals surface area contributed by atoms with Gasteiger partial charge in [0.25, 0.3) is 0 Å². The Morgan fingerprint density at radius 2 is 1.68 bits per heavy atom. The molecule has 1 fully saturated rings. The van der Waals surface area contributed by atoms with Crippen LogP contribution >= 0.6 is 0 Å². The summed E-state index contributed by atoms with van der Waals surface area (Å²) in [7, 11) is 0. The van der Waals surface area contributed by atoms with Crippen LogP contribution in [-0.2, 0) is 0 Å². The van der Waals surface area contributed by atoms with Crippen molar-refractivity contribution in [2.24, 2.45) is 5.73 Å². The van der Waals surface area contributed by atoms with E-state index < -0.39 is 0 Å². The van der Waals surface area contributed by atoms with Crippen molar-refractivity contribution in [2.45, 2.75) is 32.7 Å². The van der Waals surface area contributed by atoms with Gasteiger partial charge in [-0.05, 0) is 57.5 Å². The van der Waals surface area contributed by atoms with E-state index in [1.54, 1.807) is 0 Å². The highest BCUT2D eigenvalue weighted by Gasteiger charge is 2.22. The molecule has 0 aliphatic carbocycles. The SMILES string of the molecule is CCN(CC)c1ccc(C(CN)N2CCCC2)cc1. The maximum atomic E-state index is 5.98. The first kappa shape index (κ1) is 14.4. The molecule has 1 heterocycles. The summed E-state index contributed by atoms with van der Waals surface area (Å²) in [5.41, 5.74) is 8.66. The van der Waals surface area contributed by atoms with E-state index in [2.05, 4.69) is 47.9 Å². The van der Waals surface area contributed by atoms with E-state index in [0.717, 1.165) is 13.1 Å². The van der Waals surface area contributed by atoms with Crippen molar-refractivity contribution in [3.63, 3.8) is 0 Å². The van der Waals surface area contributed by atoms with Crippen LogP contribution in [-0.4, -0.2) is 37.6 Å². The minimum atomic E-state index is 0.397. The lowest BCUT2D eigenvalue weighted by molar-refractivity contribution is 0.251. The first-order chi connectivity index (χ1) is 9.30. The summed E-state index contributed by atoms with van der Waals surface area (Å²) < 4.78 is 0. The highest BCUT2D eigenvalue weighted by atomic mass is 15.2. The van der Waals surface area contributed by atoms with Crippen molar-refractivity contribution in [3.05, 3.63) is 29.8 Å².